The lowest BCUT2D eigenvalue weighted by Gasteiger charge is -2.16. The molecule has 0 bridgehead atoms. The fourth-order valence-electron chi connectivity index (χ4n) is 2.78. The number of hydrogen-bond acceptors (Lipinski definition) is 4. The first kappa shape index (κ1) is 20.5. The van der Waals surface area contributed by atoms with E-state index in [1.54, 1.807) is 0 Å². The molecule has 0 atom stereocenters. The van der Waals surface area contributed by atoms with Crippen LogP contribution in [0.4, 0.5) is 5.69 Å². The van der Waals surface area contributed by atoms with Gasteiger partial charge in [-0.2, -0.15) is 0 Å². The zero-order valence-electron chi connectivity index (χ0n) is 16.4. The van der Waals surface area contributed by atoms with Crippen molar-refractivity contribution in [3.63, 3.8) is 0 Å². The summed E-state index contributed by atoms with van der Waals surface area (Å²) < 4.78 is 10.5. The second kappa shape index (κ2) is 9.76. The highest BCUT2D eigenvalue weighted by molar-refractivity contribution is 5.94. The largest absolute Gasteiger partial charge is 0.482 e. The smallest absolute Gasteiger partial charge is 0.344 e. The maximum absolute atomic E-state index is 12.2. The molecule has 0 saturated carbocycles. The third-order valence-corrected chi connectivity index (χ3v) is 4.25. The number of nitrogens with one attached hydrogen (secondary N) is 1. The Kier molecular flexibility index (Phi) is 7.41. The minimum absolute atomic E-state index is 0.230. The maximum atomic E-state index is 12.2. The van der Waals surface area contributed by atoms with Gasteiger partial charge in [-0.05, 0) is 42.0 Å². The van der Waals surface area contributed by atoms with Crippen LogP contribution in [0.5, 0.6) is 5.75 Å². The second-order valence-corrected chi connectivity index (χ2v) is 6.65. The van der Waals surface area contributed by atoms with Gasteiger partial charge in [0.2, 0.25) is 0 Å². The SMILES string of the molecule is CCc1ccccc1OCC(=O)OCC(=O)Nc1c(C)cccc1C(C)C. The van der Waals surface area contributed by atoms with Crippen molar-refractivity contribution in [3.8, 4) is 5.75 Å². The number of para-hydroxylation sites is 2. The van der Waals surface area contributed by atoms with Gasteiger partial charge in [-0.25, -0.2) is 4.79 Å². The molecule has 1 N–H and O–H groups in total. The summed E-state index contributed by atoms with van der Waals surface area (Å²) in [5, 5.41) is 2.85. The lowest BCUT2D eigenvalue weighted by molar-refractivity contribution is -0.149. The lowest BCUT2D eigenvalue weighted by Crippen LogP contribution is -2.24. The Morgan fingerprint density at radius 2 is 1.78 bits per heavy atom. The average Bonchev–Trinajstić information content (AvgIpc) is 2.66. The van der Waals surface area contributed by atoms with Crippen LogP contribution in [0.15, 0.2) is 42.5 Å². The predicted octanol–water partition coefficient (Wildman–Crippen LogP) is 4.24. The van der Waals surface area contributed by atoms with Crippen molar-refractivity contribution in [3.05, 3.63) is 59.2 Å². The first-order valence-electron chi connectivity index (χ1n) is 9.18. The summed E-state index contributed by atoms with van der Waals surface area (Å²) in [4.78, 5) is 24.1. The zero-order valence-corrected chi connectivity index (χ0v) is 16.4. The number of esters is 1. The fourth-order valence-corrected chi connectivity index (χ4v) is 2.78. The normalized spacial score (nSPS) is 10.6. The first-order chi connectivity index (χ1) is 12.9. The van der Waals surface area contributed by atoms with Gasteiger partial charge in [0.25, 0.3) is 5.91 Å². The van der Waals surface area contributed by atoms with Gasteiger partial charge in [-0.1, -0.05) is 57.2 Å². The standard InChI is InChI=1S/C22H27NO4/c1-5-17-10-6-7-12-19(17)26-14-21(25)27-13-20(24)23-22-16(4)9-8-11-18(22)15(2)3/h6-12,15H,5,13-14H2,1-4H3,(H,23,24). The van der Waals surface area contributed by atoms with E-state index in [2.05, 4.69) is 19.2 Å². The van der Waals surface area contributed by atoms with Gasteiger partial charge < -0.3 is 14.8 Å². The van der Waals surface area contributed by atoms with Gasteiger partial charge in [0.1, 0.15) is 5.75 Å². The molecule has 0 spiro atoms. The van der Waals surface area contributed by atoms with Crippen molar-refractivity contribution in [1.82, 2.24) is 0 Å². The number of hydrogen-bond donors (Lipinski definition) is 1. The molecular formula is C22H27NO4. The second-order valence-electron chi connectivity index (χ2n) is 6.65. The molecule has 27 heavy (non-hydrogen) atoms. The van der Waals surface area contributed by atoms with Gasteiger partial charge in [-0.15, -0.1) is 0 Å². The predicted molar refractivity (Wildman–Crippen MR) is 106 cm³/mol. The number of amides is 1. The van der Waals surface area contributed by atoms with Crippen molar-refractivity contribution in [1.29, 1.82) is 0 Å². The number of anilines is 1. The molecule has 2 rings (SSSR count). The van der Waals surface area contributed by atoms with Crippen LogP contribution in [0.3, 0.4) is 0 Å². The van der Waals surface area contributed by atoms with Gasteiger partial charge in [-0.3, -0.25) is 4.79 Å². The Morgan fingerprint density at radius 3 is 2.48 bits per heavy atom. The molecule has 0 aliphatic heterocycles. The molecule has 0 fully saturated rings. The van der Waals surface area contributed by atoms with Crippen molar-refractivity contribution in [2.75, 3.05) is 18.5 Å². The van der Waals surface area contributed by atoms with Crippen LogP contribution in [0.25, 0.3) is 0 Å². The third kappa shape index (κ3) is 5.84. The maximum Gasteiger partial charge on any atom is 0.344 e. The minimum Gasteiger partial charge on any atom is -0.482 e. The van der Waals surface area contributed by atoms with Crippen LogP contribution < -0.4 is 10.1 Å². The fraction of sp³-hybridized carbons (Fsp3) is 0.364. The molecule has 0 unspecified atom stereocenters. The highest BCUT2D eigenvalue weighted by Gasteiger charge is 2.14. The first-order valence-corrected chi connectivity index (χ1v) is 9.18. The van der Waals surface area contributed by atoms with E-state index in [9.17, 15) is 9.59 Å². The summed E-state index contributed by atoms with van der Waals surface area (Å²) in [6.45, 7) is 7.51. The van der Waals surface area contributed by atoms with Gasteiger partial charge in [0.15, 0.2) is 13.2 Å². The third-order valence-electron chi connectivity index (χ3n) is 4.25. The number of aryl methyl sites for hydroxylation is 2. The molecule has 2 aromatic carbocycles. The van der Waals surface area contributed by atoms with E-state index < -0.39 is 5.97 Å². The number of ether oxygens (including phenoxy) is 2. The molecule has 1 amide bonds. The summed E-state index contributed by atoms with van der Waals surface area (Å²) >= 11 is 0. The molecule has 0 aliphatic rings. The Bertz CT molecular complexity index is 799. The van der Waals surface area contributed by atoms with Crippen molar-refractivity contribution in [2.24, 2.45) is 0 Å². The number of rotatable bonds is 8. The van der Waals surface area contributed by atoms with E-state index in [1.807, 2.05) is 56.3 Å². The highest BCUT2D eigenvalue weighted by atomic mass is 16.6. The quantitative estimate of drug-likeness (QED) is 0.707. The van der Waals surface area contributed by atoms with E-state index >= 15 is 0 Å². The molecular weight excluding hydrogens is 342 g/mol. The molecule has 5 heteroatoms. The molecule has 0 aromatic heterocycles. The molecule has 0 saturated heterocycles. The van der Waals surface area contributed by atoms with Crippen LogP contribution in [0, 0.1) is 6.92 Å². The lowest BCUT2D eigenvalue weighted by atomic mass is 9.98. The number of carbonyl (C=O) groups is 2. The van der Waals surface area contributed by atoms with E-state index in [0.29, 0.717) is 5.75 Å². The van der Waals surface area contributed by atoms with Crippen molar-refractivity contribution < 1.29 is 19.1 Å². The van der Waals surface area contributed by atoms with Crippen LogP contribution in [0.2, 0.25) is 0 Å². The summed E-state index contributed by atoms with van der Waals surface area (Å²) in [6, 6.07) is 13.4. The summed E-state index contributed by atoms with van der Waals surface area (Å²) in [5.74, 6) is -0.0175. The summed E-state index contributed by atoms with van der Waals surface area (Å²) in [7, 11) is 0. The minimum atomic E-state index is -0.579. The number of carbonyl (C=O) groups excluding carboxylic acids is 2. The Labute approximate surface area is 160 Å². The van der Waals surface area contributed by atoms with E-state index in [4.69, 9.17) is 9.47 Å². The van der Waals surface area contributed by atoms with E-state index in [1.165, 1.54) is 0 Å². The Morgan fingerprint density at radius 1 is 1.04 bits per heavy atom. The van der Waals surface area contributed by atoms with Crippen LogP contribution in [0.1, 0.15) is 43.4 Å². The molecule has 0 aliphatic carbocycles. The molecule has 0 radical (unpaired) electrons. The van der Waals surface area contributed by atoms with Crippen LogP contribution >= 0.6 is 0 Å². The highest BCUT2D eigenvalue weighted by Crippen LogP contribution is 2.27. The Balaban J connectivity index is 1.86. The van der Waals surface area contributed by atoms with Crippen molar-refractivity contribution in [2.45, 2.75) is 40.0 Å². The van der Waals surface area contributed by atoms with Gasteiger partial charge in [0, 0.05) is 5.69 Å². The molecule has 5 nitrogen and oxygen atoms in total. The number of benzene rings is 2. The van der Waals surface area contributed by atoms with Crippen LogP contribution in [-0.2, 0) is 20.7 Å². The molecule has 0 heterocycles. The summed E-state index contributed by atoms with van der Waals surface area (Å²) in [6.07, 6.45) is 0.808. The van der Waals surface area contributed by atoms with E-state index in [0.717, 1.165) is 28.8 Å². The van der Waals surface area contributed by atoms with E-state index in [-0.39, 0.29) is 25.0 Å². The van der Waals surface area contributed by atoms with Crippen molar-refractivity contribution >= 4 is 17.6 Å². The van der Waals surface area contributed by atoms with Crippen LogP contribution in [-0.4, -0.2) is 25.1 Å². The summed E-state index contributed by atoms with van der Waals surface area (Å²) in [5.41, 5.74) is 3.82. The topological polar surface area (TPSA) is 64.6 Å². The van der Waals surface area contributed by atoms with Gasteiger partial charge >= 0.3 is 5.97 Å². The molecule has 144 valence electrons. The molecule has 2 aromatic rings. The van der Waals surface area contributed by atoms with Gasteiger partial charge in [0.05, 0.1) is 0 Å². The average molecular weight is 369 g/mol. The zero-order chi connectivity index (χ0) is 19.8. The Hall–Kier alpha value is -2.82. The monoisotopic (exact) mass is 369 g/mol.